The summed E-state index contributed by atoms with van der Waals surface area (Å²) in [5.41, 5.74) is 8.48. The Kier molecular flexibility index (Phi) is 7.36. The molecule has 0 spiro atoms. The van der Waals surface area contributed by atoms with Gasteiger partial charge in [0.1, 0.15) is 17.1 Å². The molecule has 1 aliphatic rings. The molecule has 200 valence electrons. The number of aromatic nitrogens is 2. The maximum absolute atomic E-state index is 13.7. The minimum absolute atomic E-state index is 0.0495. The lowest BCUT2D eigenvalue weighted by Crippen LogP contribution is -2.36. The first-order valence-electron chi connectivity index (χ1n) is 11.0. The zero-order valence-corrected chi connectivity index (χ0v) is 21.8. The van der Waals surface area contributed by atoms with Gasteiger partial charge < -0.3 is 11.1 Å². The van der Waals surface area contributed by atoms with Gasteiger partial charge in [-0.2, -0.15) is 37.0 Å². The molecule has 0 fully saturated rings. The number of hydrazone groups is 1. The highest BCUT2D eigenvalue weighted by molar-refractivity contribution is 9.10. The van der Waals surface area contributed by atoms with Crippen molar-refractivity contribution in [2.24, 2.45) is 5.10 Å². The third-order valence-electron chi connectivity index (χ3n) is 6.09. The molecule has 0 bridgehead atoms. The topological polar surface area (TPSA) is 105 Å². The van der Waals surface area contributed by atoms with Crippen LogP contribution in [0.25, 0.3) is 0 Å². The van der Waals surface area contributed by atoms with Gasteiger partial charge in [0, 0.05) is 21.5 Å². The van der Waals surface area contributed by atoms with Crippen LogP contribution in [0.1, 0.15) is 36.5 Å². The molecular weight excluding hydrogens is 599 g/mol. The normalized spacial score (nSPS) is 17.8. The number of carbonyl (C=O) groups excluding carboxylic acids is 1. The Balaban J connectivity index is 1.69. The second-order valence-electron chi connectivity index (χ2n) is 8.60. The number of nitrogens with one attached hydrogen (secondary N) is 2. The number of hydrogen-bond acceptors (Lipinski definition) is 6. The lowest BCUT2D eigenvalue weighted by molar-refractivity contribution is -0.283. The van der Waals surface area contributed by atoms with Crippen LogP contribution in [-0.4, -0.2) is 33.7 Å². The summed E-state index contributed by atoms with van der Waals surface area (Å²) in [6.07, 6.45) is -8.06. The van der Waals surface area contributed by atoms with Crippen LogP contribution in [0.2, 0.25) is 5.02 Å². The molecule has 1 amide bonds. The number of nitrogens with two attached hydrogens (primary N) is 1. The van der Waals surface area contributed by atoms with Gasteiger partial charge in [-0.25, -0.2) is 5.43 Å². The first-order valence-corrected chi connectivity index (χ1v) is 12.2. The summed E-state index contributed by atoms with van der Waals surface area (Å²) in [6, 6.07) is 13.2. The van der Waals surface area contributed by atoms with E-state index in [0.717, 1.165) is 0 Å². The first kappa shape index (κ1) is 27.7. The Hall–Kier alpha value is -3.32. The van der Waals surface area contributed by atoms with Gasteiger partial charge in [-0.1, -0.05) is 57.9 Å². The van der Waals surface area contributed by atoms with Crippen molar-refractivity contribution >= 4 is 56.7 Å². The van der Waals surface area contributed by atoms with Crippen LogP contribution in [0.4, 0.5) is 39.5 Å². The van der Waals surface area contributed by atoms with Gasteiger partial charge in [0.25, 0.3) is 0 Å². The van der Waals surface area contributed by atoms with Crippen LogP contribution in [0.5, 0.6) is 0 Å². The van der Waals surface area contributed by atoms with Crippen LogP contribution in [0.15, 0.2) is 58.1 Å². The summed E-state index contributed by atoms with van der Waals surface area (Å²) < 4.78 is 66.0. The molecule has 38 heavy (non-hydrogen) atoms. The van der Waals surface area contributed by atoms with E-state index in [0.29, 0.717) is 15.6 Å². The van der Waals surface area contributed by atoms with Crippen LogP contribution in [-0.2, 0) is 10.2 Å². The van der Waals surface area contributed by atoms with E-state index in [1.165, 1.54) is 18.2 Å². The minimum Gasteiger partial charge on any atom is -0.383 e. The number of benzene rings is 2. The minimum atomic E-state index is -5.72. The second-order valence-corrected chi connectivity index (χ2v) is 9.89. The van der Waals surface area contributed by atoms with Crippen molar-refractivity contribution in [2.75, 3.05) is 16.5 Å². The number of amides is 1. The van der Waals surface area contributed by atoms with Crippen molar-refractivity contribution in [3.05, 3.63) is 74.7 Å². The highest BCUT2D eigenvalue weighted by atomic mass is 79.9. The van der Waals surface area contributed by atoms with E-state index >= 15 is 0 Å². The van der Waals surface area contributed by atoms with E-state index in [9.17, 15) is 26.7 Å². The number of fused-ring (bicyclic) bond motifs is 1. The number of alkyl halides is 5. The van der Waals surface area contributed by atoms with Crippen molar-refractivity contribution in [2.45, 2.75) is 37.3 Å². The number of nitrogens with zero attached hydrogens (tertiary/aromatic N) is 3. The molecule has 1 unspecified atom stereocenters. The molecule has 1 atom stereocenters. The van der Waals surface area contributed by atoms with Crippen molar-refractivity contribution in [1.29, 1.82) is 0 Å². The molecule has 1 aromatic heterocycles. The van der Waals surface area contributed by atoms with E-state index in [1.807, 2.05) is 0 Å². The van der Waals surface area contributed by atoms with Gasteiger partial charge >= 0.3 is 12.1 Å². The summed E-state index contributed by atoms with van der Waals surface area (Å²) >= 11 is 9.25. The average Bonchev–Trinajstić information content (AvgIpc) is 3.11. The lowest BCUT2D eigenvalue weighted by Gasteiger charge is -2.23. The van der Waals surface area contributed by atoms with E-state index in [-0.39, 0.29) is 33.9 Å². The number of hydrogen-bond donors (Lipinski definition) is 3. The van der Waals surface area contributed by atoms with Crippen molar-refractivity contribution in [3.63, 3.8) is 0 Å². The van der Waals surface area contributed by atoms with Crippen molar-refractivity contribution < 1.29 is 26.7 Å². The predicted octanol–water partition coefficient (Wildman–Crippen LogP) is 6.53. The van der Waals surface area contributed by atoms with Gasteiger partial charge in [0.15, 0.2) is 0 Å². The number of halogens is 7. The third kappa shape index (κ3) is 5.17. The monoisotopic (exact) mass is 616 g/mol. The molecule has 0 radical (unpaired) electrons. The summed E-state index contributed by atoms with van der Waals surface area (Å²) in [6.45, 7) is 1.67. The van der Waals surface area contributed by atoms with E-state index in [4.69, 9.17) is 17.3 Å². The Labute approximate surface area is 226 Å². The molecule has 0 aliphatic carbocycles. The fraction of sp³-hybridized carbons (Fsp3) is 0.250. The highest BCUT2D eigenvalue weighted by Gasteiger charge is 2.56. The summed E-state index contributed by atoms with van der Waals surface area (Å²) in [7, 11) is 0. The summed E-state index contributed by atoms with van der Waals surface area (Å²) in [5, 5.41) is 6.88. The molecule has 0 saturated carbocycles. The number of anilines is 3. The Morgan fingerprint density at radius 3 is 2.50 bits per heavy atom. The molecule has 4 N–H and O–H groups in total. The Morgan fingerprint density at radius 1 is 1.16 bits per heavy atom. The van der Waals surface area contributed by atoms with Gasteiger partial charge in [-0.05, 0) is 37.1 Å². The average molecular weight is 618 g/mol. The lowest BCUT2D eigenvalue weighted by atomic mass is 9.78. The molecule has 3 aromatic rings. The van der Waals surface area contributed by atoms with Crippen LogP contribution in [0.3, 0.4) is 0 Å². The number of carbonyl (C=O) groups is 1. The van der Waals surface area contributed by atoms with Crippen LogP contribution in [0, 0.1) is 0 Å². The first-order chi connectivity index (χ1) is 17.7. The molecule has 2 heterocycles. The SMILES string of the molecule is CC1(c2ccccc2)C(=O)Nc2nc(N/N=C(/CCC(F)(F)C(F)(F)F)c3cc(Cl)ccc3Br)nc(N)c21. The van der Waals surface area contributed by atoms with E-state index < -0.39 is 36.3 Å². The largest absolute Gasteiger partial charge is 0.453 e. The zero-order valence-electron chi connectivity index (χ0n) is 19.5. The van der Waals surface area contributed by atoms with Crippen molar-refractivity contribution in [3.8, 4) is 0 Å². The molecule has 4 rings (SSSR count). The van der Waals surface area contributed by atoms with Crippen LogP contribution >= 0.6 is 27.5 Å². The zero-order chi connectivity index (χ0) is 27.9. The van der Waals surface area contributed by atoms with Gasteiger partial charge in [-0.3, -0.25) is 4.79 Å². The second kappa shape index (κ2) is 10.1. The van der Waals surface area contributed by atoms with Gasteiger partial charge in [-0.15, -0.1) is 0 Å². The number of rotatable bonds is 7. The maximum Gasteiger partial charge on any atom is 0.453 e. The molecule has 1 aliphatic heterocycles. The van der Waals surface area contributed by atoms with Crippen LogP contribution < -0.4 is 16.5 Å². The molecule has 7 nitrogen and oxygen atoms in total. The molecule has 2 aromatic carbocycles. The number of nitrogen functional groups attached to an aromatic ring is 1. The third-order valence-corrected chi connectivity index (χ3v) is 7.02. The van der Waals surface area contributed by atoms with Crippen molar-refractivity contribution in [1.82, 2.24) is 9.97 Å². The maximum atomic E-state index is 13.7. The summed E-state index contributed by atoms with van der Waals surface area (Å²) in [4.78, 5) is 21.3. The summed E-state index contributed by atoms with van der Waals surface area (Å²) in [5.74, 6) is -5.48. The standard InChI is InChI=1S/C24H19BrClF5N6O/c1-22(12-5-3-2-4-6-12)17-18(32)33-21(35-19(17)34-20(22)38)37-36-16(9-10-23(27,28)24(29,30)31)14-11-13(26)7-8-15(14)25/h2-8,11H,9-10H2,1H3,(H4,32,33,34,35,37,38)/b36-16-. The Morgan fingerprint density at radius 2 is 1.84 bits per heavy atom. The molecular formula is C24H19BrClF5N6O. The highest BCUT2D eigenvalue weighted by Crippen LogP contribution is 2.44. The van der Waals surface area contributed by atoms with Gasteiger partial charge in [0.2, 0.25) is 11.9 Å². The molecule has 0 saturated heterocycles. The molecule has 14 heteroatoms. The van der Waals surface area contributed by atoms with E-state index in [1.54, 1.807) is 37.3 Å². The predicted molar refractivity (Wildman–Crippen MR) is 138 cm³/mol. The fourth-order valence-corrected chi connectivity index (χ4v) is 4.66. The van der Waals surface area contributed by atoms with E-state index in [2.05, 4.69) is 41.7 Å². The smallest absolute Gasteiger partial charge is 0.383 e. The fourth-order valence-electron chi connectivity index (χ4n) is 4.01. The van der Waals surface area contributed by atoms with Gasteiger partial charge in [0.05, 0.1) is 11.3 Å². The Bertz CT molecular complexity index is 1420. The quantitative estimate of drug-likeness (QED) is 0.159.